The fraction of sp³-hybridized carbons (Fsp3) is 0.929. The van der Waals surface area contributed by atoms with Gasteiger partial charge in [0.25, 0.3) is 0 Å². The van der Waals surface area contributed by atoms with Gasteiger partial charge in [-0.15, -0.1) is 0 Å². The largest absolute Gasteiger partial charge is 0.341 e. The first kappa shape index (κ1) is 13.8. The van der Waals surface area contributed by atoms with Crippen LogP contribution in [-0.2, 0) is 4.79 Å². The molecule has 0 aliphatic carbocycles. The van der Waals surface area contributed by atoms with Crippen molar-refractivity contribution in [2.45, 2.75) is 51.1 Å². The molecule has 4 heteroatoms. The first-order chi connectivity index (χ1) is 8.72. The second-order valence-electron chi connectivity index (χ2n) is 5.62. The lowest BCUT2D eigenvalue weighted by Crippen LogP contribution is -2.52. The third-order valence-corrected chi connectivity index (χ3v) is 4.51. The van der Waals surface area contributed by atoms with Crippen molar-refractivity contribution in [3.05, 3.63) is 0 Å². The summed E-state index contributed by atoms with van der Waals surface area (Å²) in [4.78, 5) is 16.9. The van der Waals surface area contributed by atoms with Crippen molar-refractivity contribution in [2.24, 2.45) is 0 Å². The predicted molar refractivity (Wildman–Crippen MR) is 73.5 cm³/mol. The number of amides is 1. The predicted octanol–water partition coefficient (Wildman–Crippen LogP) is 1.07. The molecule has 2 heterocycles. The quantitative estimate of drug-likeness (QED) is 0.817. The van der Waals surface area contributed by atoms with Crippen LogP contribution in [0.2, 0.25) is 0 Å². The van der Waals surface area contributed by atoms with E-state index < -0.39 is 0 Å². The summed E-state index contributed by atoms with van der Waals surface area (Å²) in [7, 11) is 1.99. The highest BCUT2D eigenvalue weighted by Crippen LogP contribution is 2.18. The van der Waals surface area contributed by atoms with Crippen molar-refractivity contribution in [1.29, 1.82) is 0 Å². The Hall–Kier alpha value is -0.610. The second kappa shape index (κ2) is 6.53. The van der Waals surface area contributed by atoms with Crippen LogP contribution in [0.5, 0.6) is 0 Å². The van der Waals surface area contributed by atoms with Crippen LogP contribution in [0.1, 0.15) is 39.0 Å². The van der Waals surface area contributed by atoms with Crippen molar-refractivity contribution < 1.29 is 4.79 Å². The van der Waals surface area contributed by atoms with E-state index in [0.717, 1.165) is 45.4 Å². The maximum absolute atomic E-state index is 12.4. The van der Waals surface area contributed by atoms with Crippen LogP contribution in [-0.4, -0.2) is 61.0 Å². The summed E-state index contributed by atoms with van der Waals surface area (Å²) in [5.74, 6) is 0.310. The summed E-state index contributed by atoms with van der Waals surface area (Å²) in [5.41, 5.74) is 0. The molecular weight excluding hydrogens is 226 g/mol. The lowest BCUT2D eigenvalue weighted by molar-refractivity contribution is -0.135. The minimum absolute atomic E-state index is 0.0768. The van der Waals surface area contributed by atoms with Crippen LogP contribution < -0.4 is 5.32 Å². The molecule has 0 spiro atoms. The topological polar surface area (TPSA) is 35.6 Å². The van der Waals surface area contributed by atoms with Gasteiger partial charge >= 0.3 is 0 Å². The molecule has 0 aromatic rings. The molecule has 4 nitrogen and oxygen atoms in total. The molecule has 2 saturated heterocycles. The second-order valence-corrected chi connectivity index (χ2v) is 5.62. The Morgan fingerprint density at radius 2 is 2.00 bits per heavy atom. The Morgan fingerprint density at radius 1 is 1.28 bits per heavy atom. The number of nitrogens with zero attached hydrogens (tertiary/aromatic N) is 2. The highest BCUT2D eigenvalue weighted by molar-refractivity contribution is 5.82. The van der Waals surface area contributed by atoms with Gasteiger partial charge in [0.05, 0.1) is 6.04 Å². The molecular formula is C14H27N3O. The Bertz CT molecular complexity index is 268. The summed E-state index contributed by atoms with van der Waals surface area (Å²) in [6.07, 6.45) is 5.66. The SMILES string of the molecule is CCN1CCC(N(C)C(=O)C2CCCCN2)CC1. The van der Waals surface area contributed by atoms with Gasteiger partial charge in [-0.3, -0.25) is 4.79 Å². The van der Waals surface area contributed by atoms with Crippen LogP contribution >= 0.6 is 0 Å². The van der Waals surface area contributed by atoms with E-state index in [-0.39, 0.29) is 6.04 Å². The Kier molecular flexibility index (Phi) is 5.01. The van der Waals surface area contributed by atoms with Crippen LogP contribution in [0.15, 0.2) is 0 Å². The van der Waals surface area contributed by atoms with Crippen LogP contribution in [0.25, 0.3) is 0 Å². The van der Waals surface area contributed by atoms with Crippen LogP contribution in [0.3, 0.4) is 0 Å². The van der Waals surface area contributed by atoms with Gasteiger partial charge in [0.15, 0.2) is 0 Å². The summed E-state index contributed by atoms with van der Waals surface area (Å²) in [6.45, 7) is 6.61. The van der Waals surface area contributed by atoms with Crippen LogP contribution in [0, 0.1) is 0 Å². The minimum atomic E-state index is 0.0768. The highest BCUT2D eigenvalue weighted by Gasteiger charge is 2.29. The van der Waals surface area contributed by atoms with E-state index >= 15 is 0 Å². The van der Waals surface area contributed by atoms with Gasteiger partial charge in [0.2, 0.25) is 5.91 Å². The van der Waals surface area contributed by atoms with Crippen LogP contribution in [0.4, 0.5) is 0 Å². The zero-order chi connectivity index (χ0) is 13.0. The molecule has 2 fully saturated rings. The third kappa shape index (κ3) is 3.23. The molecule has 1 atom stereocenters. The average molecular weight is 253 g/mol. The van der Waals surface area contributed by atoms with Gasteiger partial charge in [-0.2, -0.15) is 0 Å². The van der Waals surface area contributed by atoms with E-state index in [9.17, 15) is 4.79 Å². The van der Waals surface area contributed by atoms with Crippen molar-refractivity contribution in [2.75, 3.05) is 33.2 Å². The lowest BCUT2D eigenvalue weighted by atomic mass is 10.00. The molecule has 1 unspecified atom stereocenters. The minimum Gasteiger partial charge on any atom is -0.341 e. The normalized spacial score (nSPS) is 27.1. The van der Waals surface area contributed by atoms with Gasteiger partial charge < -0.3 is 15.1 Å². The van der Waals surface area contributed by atoms with E-state index in [1.165, 1.54) is 12.8 Å². The lowest BCUT2D eigenvalue weighted by Gasteiger charge is -2.38. The zero-order valence-corrected chi connectivity index (χ0v) is 11.8. The third-order valence-electron chi connectivity index (χ3n) is 4.51. The number of carbonyl (C=O) groups is 1. The maximum Gasteiger partial charge on any atom is 0.239 e. The highest BCUT2D eigenvalue weighted by atomic mass is 16.2. The molecule has 2 aliphatic heterocycles. The Balaban J connectivity index is 1.83. The van der Waals surface area contributed by atoms with E-state index in [1.54, 1.807) is 0 Å². The fourth-order valence-electron chi connectivity index (χ4n) is 3.11. The molecule has 0 saturated carbocycles. The maximum atomic E-state index is 12.4. The van der Waals surface area contributed by atoms with Crippen molar-refractivity contribution in [3.63, 3.8) is 0 Å². The first-order valence-corrected chi connectivity index (χ1v) is 7.44. The standard InChI is InChI=1S/C14H27N3O/c1-3-17-10-7-12(8-11-17)16(2)14(18)13-6-4-5-9-15-13/h12-13,15H,3-11H2,1-2H3. The molecule has 2 rings (SSSR count). The van der Waals surface area contributed by atoms with Gasteiger partial charge in [0.1, 0.15) is 0 Å². The molecule has 18 heavy (non-hydrogen) atoms. The summed E-state index contributed by atoms with van der Waals surface area (Å²) >= 11 is 0. The van der Waals surface area contributed by atoms with Gasteiger partial charge in [-0.25, -0.2) is 0 Å². The Morgan fingerprint density at radius 3 is 2.56 bits per heavy atom. The van der Waals surface area contributed by atoms with Gasteiger partial charge in [-0.1, -0.05) is 13.3 Å². The molecule has 0 aromatic heterocycles. The van der Waals surface area contributed by atoms with Gasteiger partial charge in [-0.05, 0) is 38.8 Å². The summed E-state index contributed by atoms with van der Waals surface area (Å²) in [5, 5.41) is 3.36. The molecule has 1 amide bonds. The van der Waals surface area contributed by atoms with Crippen molar-refractivity contribution in [3.8, 4) is 0 Å². The molecule has 2 aliphatic rings. The van der Waals surface area contributed by atoms with E-state index in [4.69, 9.17) is 0 Å². The fourth-order valence-corrected chi connectivity index (χ4v) is 3.11. The number of hydrogen-bond acceptors (Lipinski definition) is 3. The first-order valence-electron chi connectivity index (χ1n) is 7.44. The average Bonchev–Trinajstić information content (AvgIpc) is 2.47. The number of piperidine rings is 2. The van der Waals surface area contributed by atoms with Crippen molar-refractivity contribution >= 4 is 5.91 Å². The number of nitrogens with one attached hydrogen (secondary N) is 1. The molecule has 104 valence electrons. The van der Waals surface area contributed by atoms with E-state index in [1.807, 2.05) is 11.9 Å². The number of likely N-dealkylation sites (N-methyl/N-ethyl adjacent to an activating group) is 1. The number of carbonyl (C=O) groups excluding carboxylic acids is 1. The van der Waals surface area contributed by atoms with E-state index in [2.05, 4.69) is 17.1 Å². The monoisotopic (exact) mass is 253 g/mol. The smallest absolute Gasteiger partial charge is 0.239 e. The Labute approximate surface area is 111 Å². The van der Waals surface area contributed by atoms with Gasteiger partial charge in [0, 0.05) is 26.2 Å². The molecule has 0 bridgehead atoms. The molecule has 0 radical (unpaired) electrons. The zero-order valence-electron chi connectivity index (χ0n) is 11.8. The number of hydrogen-bond donors (Lipinski definition) is 1. The molecule has 1 N–H and O–H groups in total. The van der Waals surface area contributed by atoms with Crippen molar-refractivity contribution in [1.82, 2.24) is 15.1 Å². The summed E-state index contributed by atoms with van der Waals surface area (Å²) < 4.78 is 0. The number of likely N-dealkylation sites (tertiary alicyclic amines) is 1. The molecule has 0 aromatic carbocycles. The van der Waals surface area contributed by atoms with E-state index in [0.29, 0.717) is 11.9 Å². The number of rotatable bonds is 3. The summed E-state index contributed by atoms with van der Waals surface area (Å²) in [6, 6.07) is 0.525.